The highest BCUT2D eigenvalue weighted by atomic mass is 14.8. The van der Waals surface area contributed by atoms with Crippen molar-refractivity contribution < 1.29 is 0 Å². The van der Waals surface area contributed by atoms with Crippen LogP contribution in [0.15, 0.2) is 12.2 Å². The van der Waals surface area contributed by atoms with Gasteiger partial charge in [-0.2, -0.15) is 0 Å². The highest BCUT2D eigenvalue weighted by Crippen LogP contribution is 2.73. The number of fused-ring (bicyclic) bond motifs is 4. The first-order chi connectivity index (χ1) is 7.05. The van der Waals surface area contributed by atoms with E-state index in [9.17, 15) is 0 Å². The predicted molar refractivity (Wildman–Crippen MR) is 64.5 cm³/mol. The van der Waals surface area contributed by atoms with E-state index in [1.807, 2.05) is 0 Å². The normalized spacial score (nSPS) is 57.1. The third kappa shape index (κ3) is 1.04. The Morgan fingerprint density at radius 1 is 1.27 bits per heavy atom. The third-order valence-electron chi connectivity index (χ3n) is 6.14. The van der Waals surface area contributed by atoms with Gasteiger partial charge in [-0.25, -0.2) is 0 Å². The van der Waals surface area contributed by atoms with E-state index in [4.69, 9.17) is 0 Å². The van der Waals surface area contributed by atoms with Gasteiger partial charge in [0, 0.05) is 0 Å². The van der Waals surface area contributed by atoms with Crippen molar-refractivity contribution in [2.75, 3.05) is 0 Å². The van der Waals surface area contributed by atoms with Crippen LogP contribution in [0.25, 0.3) is 0 Å². The van der Waals surface area contributed by atoms with Crippen LogP contribution in [0.4, 0.5) is 0 Å². The van der Waals surface area contributed by atoms with Gasteiger partial charge in [-0.3, -0.25) is 0 Å². The molecule has 0 unspecified atom stereocenters. The Hall–Kier alpha value is -0.260. The van der Waals surface area contributed by atoms with Gasteiger partial charge in [0.1, 0.15) is 0 Å². The van der Waals surface area contributed by atoms with Crippen molar-refractivity contribution in [3.8, 4) is 0 Å². The van der Waals surface area contributed by atoms with Gasteiger partial charge in [0.25, 0.3) is 0 Å². The molecule has 0 saturated heterocycles. The van der Waals surface area contributed by atoms with Gasteiger partial charge in [0.15, 0.2) is 0 Å². The zero-order valence-corrected chi connectivity index (χ0v) is 10.4. The van der Waals surface area contributed by atoms with E-state index in [-0.39, 0.29) is 0 Å². The zero-order chi connectivity index (χ0) is 10.8. The zero-order valence-electron chi connectivity index (χ0n) is 10.4. The van der Waals surface area contributed by atoms with Gasteiger partial charge in [0.2, 0.25) is 0 Å². The summed E-state index contributed by atoms with van der Waals surface area (Å²) >= 11 is 0. The monoisotopic (exact) mass is 207 g/mol. The molecule has 0 spiro atoms. The Labute approximate surface area is 94.1 Å². The van der Waals surface area contributed by atoms with Crippen LogP contribution < -0.4 is 0 Å². The lowest BCUT2D eigenvalue weighted by Gasteiger charge is -2.57. The average Bonchev–Trinajstić information content (AvgIpc) is 2.62. The summed E-state index contributed by atoms with van der Waals surface area (Å²) in [5.74, 6) is 4.98. The minimum atomic E-state index is 0.707. The Bertz CT molecular complexity index is 303. The van der Waals surface area contributed by atoms with Gasteiger partial charge in [-0.15, -0.1) is 0 Å². The summed E-state index contributed by atoms with van der Waals surface area (Å²) in [5.41, 5.74) is 2.17. The summed E-state index contributed by atoms with van der Waals surface area (Å²) in [7, 11) is 0. The van der Waals surface area contributed by atoms with E-state index < -0.39 is 0 Å². The van der Waals surface area contributed by atoms with Crippen LogP contribution in [0.2, 0.25) is 0 Å². The first-order valence-corrected chi connectivity index (χ1v) is 6.71. The van der Waals surface area contributed by atoms with E-state index in [2.05, 4.69) is 27.4 Å². The van der Waals surface area contributed by atoms with Gasteiger partial charge >= 0.3 is 0 Å². The maximum atomic E-state index is 4.23. The van der Waals surface area contributed by atoms with Crippen molar-refractivity contribution in [2.24, 2.45) is 35.0 Å². The quantitative estimate of drug-likeness (QED) is 0.445. The molecular formula is C15H24. The molecular weight excluding hydrogens is 183 g/mol. The summed E-state index contributed by atoms with van der Waals surface area (Å²) in [4.78, 5) is 0. The summed E-state index contributed by atoms with van der Waals surface area (Å²) in [6.45, 7) is 11.5. The molecule has 0 aromatic heterocycles. The number of hydrogen-bond acceptors (Lipinski definition) is 0. The predicted octanol–water partition coefficient (Wildman–Crippen LogP) is 4.27. The molecule has 0 bridgehead atoms. The third-order valence-corrected chi connectivity index (χ3v) is 6.14. The second-order valence-electron chi connectivity index (χ2n) is 6.76. The summed E-state index contributed by atoms with van der Waals surface area (Å²) in [5, 5.41) is 0. The Morgan fingerprint density at radius 3 is 2.67 bits per heavy atom. The SMILES string of the molecule is CC(=[13CH2])[C@H]1C[13CH2][C@@]2(C)[C@@H]1[C@@H]1[C@H](C)[13CH2]C[C@@H]12. The Kier molecular flexibility index (Phi) is 1.92. The number of rotatable bonds is 1. The molecule has 0 N–H and O–H groups in total. The topological polar surface area (TPSA) is 0 Å². The van der Waals surface area contributed by atoms with Gasteiger partial charge in [-0.1, -0.05) is 32.4 Å². The maximum absolute atomic E-state index is 4.23. The highest BCUT2D eigenvalue weighted by molar-refractivity contribution is 5.20. The smallest absolute Gasteiger partial charge is 0.0172 e. The molecule has 3 aliphatic carbocycles. The second-order valence-corrected chi connectivity index (χ2v) is 6.76. The van der Waals surface area contributed by atoms with E-state index in [1.54, 1.807) is 0 Å². The molecule has 0 aromatic carbocycles. The Balaban J connectivity index is 1.91. The lowest BCUT2D eigenvalue weighted by Crippen LogP contribution is -2.53. The van der Waals surface area contributed by atoms with Crippen LogP contribution in [0, 0.1) is 35.0 Å². The largest absolute Gasteiger partial charge is 0.0998 e. The molecule has 0 amide bonds. The molecule has 0 heteroatoms. The van der Waals surface area contributed by atoms with Crippen molar-refractivity contribution >= 4 is 0 Å². The van der Waals surface area contributed by atoms with Crippen LogP contribution in [0.3, 0.4) is 0 Å². The molecule has 6 atom stereocenters. The highest BCUT2D eigenvalue weighted by Gasteiger charge is 2.66. The molecule has 3 aliphatic rings. The summed E-state index contributed by atoms with van der Waals surface area (Å²) in [6, 6.07) is 0. The van der Waals surface area contributed by atoms with E-state index in [0.29, 0.717) is 5.41 Å². The molecule has 3 saturated carbocycles. The first kappa shape index (κ1) is 9.93. The second kappa shape index (κ2) is 2.90. The maximum Gasteiger partial charge on any atom is -0.0172 e. The molecule has 0 aromatic rings. The lowest BCUT2D eigenvalue weighted by atomic mass is 9.49. The minimum absolute atomic E-state index is 0.707. The molecule has 0 radical (unpaired) electrons. The van der Waals surface area contributed by atoms with Crippen LogP contribution in [-0.4, -0.2) is 0 Å². The molecule has 0 aliphatic heterocycles. The van der Waals surface area contributed by atoms with Crippen LogP contribution in [0.5, 0.6) is 0 Å². The first-order valence-electron chi connectivity index (χ1n) is 6.71. The molecule has 3 fully saturated rings. The van der Waals surface area contributed by atoms with Crippen molar-refractivity contribution in [2.45, 2.75) is 46.5 Å². The Morgan fingerprint density at radius 2 is 2.00 bits per heavy atom. The van der Waals surface area contributed by atoms with E-state index in [0.717, 1.165) is 29.6 Å². The van der Waals surface area contributed by atoms with Gasteiger partial charge < -0.3 is 0 Å². The summed E-state index contributed by atoms with van der Waals surface area (Å²) in [6.07, 6.45) is 5.91. The minimum Gasteiger partial charge on any atom is -0.0998 e. The van der Waals surface area contributed by atoms with Crippen LogP contribution >= 0.6 is 0 Å². The molecule has 84 valence electrons. The number of hydrogen-bond donors (Lipinski definition) is 0. The van der Waals surface area contributed by atoms with Crippen molar-refractivity contribution in [1.29, 1.82) is 0 Å². The fraction of sp³-hybridized carbons (Fsp3) is 0.867. The van der Waals surface area contributed by atoms with Crippen molar-refractivity contribution in [1.82, 2.24) is 0 Å². The van der Waals surface area contributed by atoms with E-state index >= 15 is 0 Å². The average molecular weight is 207 g/mol. The molecule has 15 heavy (non-hydrogen) atoms. The van der Waals surface area contributed by atoms with Crippen LogP contribution in [0.1, 0.15) is 46.5 Å². The molecule has 0 heterocycles. The van der Waals surface area contributed by atoms with Crippen molar-refractivity contribution in [3.05, 3.63) is 12.2 Å². The fourth-order valence-corrected chi connectivity index (χ4v) is 5.44. The summed E-state index contributed by atoms with van der Waals surface area (Å²) < 4.78 is 0. The molecule has 3 rings (SSSR count). The van der Waals surface area contributed by atoms with Crippen LogP contribution in [-0.2, 0) is 0 Å². The fourth-order valence-electron chi connectivity index (χ4n) is 5.44. The molecule has 0 nitrogen and oxygen atoms in total. The van der Waals surface area contributed by atoms with Gasteiger partial charge in [0.05, 0.1) is 0 Å². The van der Waals surface area contributed by atoms with Gasteiger partial charge in [-0.05, 0) is 61.2 Å². The van der Waals surface area contributed by atoms with E-state index in [1.165, 1.54) is 31.3 Å². The number of allylic oxidation sites excluding steroid dienone is 1. The standard InChI is InChI=1S/C15H24/c1-9(2)11-7-8-15(4)12-6-5-10(3)13(12)14(11)15/h10-14H,1,5-8H2,2-4H3/t10-,11-,12+,13-,14+,15-/m1/s1/i1+1,5+1,8+1. The van der Waals surface area contributed by atoms with Crippen molar-refractivity contribution in [3.63, 3.8) is 0 Å². The lowest BCUT2D eigenvalue weighted by molar-refractivity contribution is -0.0940.